The second-order valence-electron chi connectivity index (χ2n) is 3.65. The fraction of sp³-hybridized carbons (Fsp3) is 0.0833. The van der Waals surface area contributed by atoms with Gasteiger partial charge in [0.25, 0.3) is 0 Å². The molecule has 1 aromatic carbocycles. The number of benzene rings is 1. The maximum atomic E-state index is 13.7. The topological polar surface area (TPSA) is 111 Å². The molecule has 96 valence electrons. The third kappa shape index (κ3) is 2.24. The molecule has 19 heavy (non-hydrogen) atoms. The highest BCUT2D eigenvalue weighted by Gasteiger charge is 2.14. The second-order valence-corrected chi connectivity index (χ2v) is 3.65. The fourth-order valence-electron chi connectivity index (χ4n) is 1.63. The number of hydrogen-bond acceptors (Lipinski definition) is 6. The maximum absolute atomic E-state index is 13.7. The standard InChI is InChI=1S/C12H10FN5O/c1-19-9-3-2-6(4-8(9)13)10-7(5-14)11(15)18-12(16)17-10/h2-4H,1H3,(H4,15,16,17,18). The van der Waals surface area contributed by atoms with E-state index in [1.807, 2.05) is 6.07 Å². The number of aromatic nitrogens is 2. The summed E-state index contributed by atoms with van der Waals surface area (Å²) in [5, 5.41) is 9.05. The third-order valence-electron chi connectivity index (χ3n) is 2.49. The Bertz CT molecular complexity index is 681. The predicted octanol–water partition coefficient (Wildman–Crippen LogP) is 1.33. The third-order valence-corrected chi connectivity index (χ3v) is 2.49. The smallest absolute Gasteiger partial charge is 0.222 e. The zero-order valence-electron chi connectivity index (χ0n) is 10.0. The van der Waals surface area contributed by atoms with Crippen molar-refractivity contribution in [2.24, 2.45) is 0 Å². The zero-order valence-corrected chi connectivity index (χ0v) is 10.0. The number of anilines is 2. The molecule has 0 saturated carbocycles. The van der Waals surface area contributed by atoms with Gasteiger partial charge in [-0.05, 0) is 18.2 Å². The lowest BCUT2D eigenvalue weighted by Crippen LogP contribution is -2.05. The van der Waals surface area contributed by atoms with E-state index in [9.17, 15) is 4.39 Å². The van der Waals surface area contributed by atoms with Crippen LogP contribution in [0.1, 0.15) is 5.56 Å². The Labute approximate surface area is 108 Å². The molecule has 6 nitrogen and oxygen atoms in total. The van der Waals surface area contributed by atoms with Crippen LogP contribution in [0.5, 0.6) is 5.75 Å². The first-order valence-electron chi connectivity index (χ1n) is 5.23. The summed E-state index contributed by atoms with van der Waals surface area (Å²) in [5.41, 5.74) is 11.7. The number of nitrogens with zero attached hydrogens (tertiary/aromatic N) is 3. The van der Waals surface area contributed by atoms with Gasteiger partial charge in [0.15, 0.2) is 11.6 Å². The van der Waals surface area contributed by atoms with Crippen LogP contribution in [-0.2, 0) is 0 Å². The fourth-order valence-corrected chi connectivity index (χ4v) is 1.63. The average molecular weight is 259 g/mol. The van der Waals surface area contributed by atoms with Gasteiger partial charge >= 0.3 is 0 Å². The van der Waals surface area contributed by atoms with Crippen molar-refractivity contribution in [3.8, 4) is 23.1 Å². The molecule has 0 fully saturated rings. The summed E-state index contributed by atoms with van der Waals surface area (Å²) in [6, 6.07) is 6.06. The minimum Gasteiger partial charge on any atom is -0.494 e. The van der Waals surface area contributed by atoms with Gasteiger partial charge in [-0.1, -0.05) is 0 Å². The van der Waals surface area contributed by atoms with Crippen LogP contribution in [0.2, 0.25) is 0 Å². The molecule has 1 heterocycles. The molecule has 0 atom stereocenters. The Hall–Kier alpha value is -2.88. The number of rotatable bonds is 2. The summed E-state index contributed by atoms with van der Waals surface area (Å²) >= 11 is 0. The highest BCUT2D eigenvalue weighted by atomic mass is 19.1. The van der Waals surface area contributed by atoms with Crippen LogP contribution in [-0.4, -0.2) is 17.1 Å². The summed E-state index contributed by atoms with van der Waals surface area (Å²) in [4.78, 5) is 7.62. The molecular weight excluding hydrogens is 249 g/mol. The van der Waals surface area contributed by atoms with E-state index in [4.69, 9.17) is 21.5 Å². The number of hydrogen-bond donors (Lipinski definition) is 2. The maximum Gasteiger partial charge on any atom is 0.222 e. The number of methoxy groups -OCH3 is 1. The molecule has 7 heteroatoms. The van der Waals surface area contributed by atoms with Gasteiger partial charge in [-0.25, -0.2) is 9.37 Å². The highest BCUT2D eigenvalue weighted by Crippen LogP contribution is 2.28. The lowest BCUT2D eigenvalue weighted by atomic mass is 10.1. The Morgan fingerprint density at radius 1 is 1.32 bits per heavy atom. The molecule has 0 bridgehead atoms. The minimum atomic E-state index is -0.570. The quantitative estimate of drug-likeness (QED) is 0.841. The molecule has 0 unspecified atom stereocenters. The summed E-state index contributed by atoms with van der Waals surface area (Å²) in [6.45, 7) is 0. The van der Waals surface area contributed by atoms with Gasteiger partial charge in [-0.2, -0.15) is 10.2 Å². The largest absolute Gasteiger partial charge is 0.494 e. The van der Waals surface area contributed by atoms with Crippen LogP contribution in [0.3, 0.4) is 0 Å². The van der Waals surface area contributed by atoms with Gasteiger partial charge in [-0.15, -0.1) is 0 Å². The molecule has 0 aliphatic carbocycles. The van der Waals surface area contributed by atoms with Crippen molar-refractivity contribution in [2.75, 3.05) is 18.6 Å². The van der Waals surface area contributed by atoms with E-state index in [1.54, 1.807) is 6.07 Å². The lowest BCUT2D eigenvalue weighted by Gasteiger charge is -2.08. The molecule has 2 aromatic rings. The number of ether oxygens (including phenoxy) is 1. The van der Waals surface area contributed by atoms with Gasteiger partial charge in [0.2, 0.25) is 5.95 Å². The lowest BCUT2D eigenvalue weighted by molar-refractivity contribution is 0.386. The van der Waals surface area contributed by atoms with E-state index < -0.39 is 5.82 Å². The highest BCUT2D eigenvalue weighted by molar-refractivity contribution is 5.73. The normalized spacial score (nSPS) is 9.95. The molecule has 0 radical (unpaired) electrons. The Balaban J connectivity index is 2.65. The molecular formula is C12H10FN5O. The van der Waals surface area contributed by atoms with E-state index in [2.05, 4.69) is 9.97 Å². The molecule has 0 amide bonds. The number of nitrogens with two attached hydrogens (primary N) is 2. The van der Waals surface area contributed by atoms with Gasteiger partial charge in [0, 0.05) is 5.56 Å². The number of halogens is 1. The second kappa shape index (κ2) is 4.78. The van der Waals surface area contributed by atoms with Gasteiger partial charge in [0.1, 0.15) is 17.5 Å². The van der Waals surface area contributed by atoms with Crippen molar-refractivity contribution in [1.29, 1.82) is 5.26 Å². The first-order chi connectivity index (χ1) is 9.06. The van der Waals surface area contributed by atoms with Crippen molar-refractivity contribution in [1.82, 2.24) is 9.97 Å². The SMILES string of the molecule is COc1ccc(-c2nc(N)nc(N)c2C#N)cc1F. The van der Waals surface area contributed by atoms with Gasteiger partial charge < -0.3 is 16.2 Å². The first-order valence-corrected chi connectivity index (χ1v) is 5.23. The van der Waals surface area contributed by atoms with Crippen LogP contribution in [0, 0.1) is 17.1 Å². The van der Waals surface area contributed by atoms with E-state index >= 15 is 0 Å². The van der Waals surface area contributed by atoms with Gasteiger partial charge in [0.05, 0.1) is 12.8 Å². The van der Waals surface area contributed by atoms with E-state index in [-0.39, 0.29) is 28.8 Å². The molecule has 4 N–H and O–H groups in total. The van der Waals surface area contributed by atoms with Crippen molar-refractivity contribution in [2.45, 2.75) is 0 Å². The summed E-state index contributed by atoms with van der Waals surface area (Å²) in [7, 11) is 1.36. The molecule has 1 aromatic heterocycles. The minimum absolute atomic E-state index is 0.0405. The molecule has 0 aliphatic rings. The van der Waals surface area contributed by atoms with Crippen LogP contribution in [0.25, 0.3) is 11.3 Å². The van der Waals surface area contributed by atoms with Crippen molar-refractivity contribution >= 4 is 11.8 Å². The summed E-state index contributed by atoms with van der Waals surface area (Å²) < 4.78 is 18.5. The van der Waals surface area contributed by atoms with Crippen LogP contribution in [0.4, 0.5) is 16.2 Å². The summed E-state index contributed by atoms with van der Waals surface area (Å²) in [5.74, 6) is -0.596. The summed E-state index contributed by atoms with van der Waals surface area (Å²) in [6.07, 6.45) is 0. The molecule has 0 aliphatic heterocycles. The monoisotopic (exact) mass is 259 g/mol. The number of nitrogen functional groups attached to an aromatic ring is 2. The number of nitriles is 1. The Morgan fingerprint density at radius 2 is 2.05 bits per heavy atom. The predicted molar refractivity (Wildman–Crippen MR) is 67.5 cm³/mol. The van der Waals surface area contributed by atoms with E-state index in [0.717, 1.165) is 0 Å². The molecule has 0 spiro atoms. The van der Waals surface area contributed by atoms with Crippen LogP contribution < -0.4 is 16.2 Å². The van der Waals surface area contributed by atoms with Crippen LogP contribution in [0.15, 0.2) is 18.2 Å². The van der Waals surface area contributed by atoms with Crippen molar-refractivity contribution in [3.63, 3.8) is 0 Å². The first kappa shape index (κ1) is 12.6. The average Bonchev–Trinajstić information content (AvgIpc) is 2.37. The Kier molecular flexibility index (Phi) is 3.16. The van der Waals surface area contributed by atoms with E-state index in [0.29, 0.717) is 5.56 Å². The van der Waals surface area contributed by atoms with Crippen LogP contribution >= 0.6 is 0 Å². The molecule has 0 saturated heterocycles. The van der Waals surface area contributed by atoms with Crippen molar-refractivity contribution in [3.05, 3.63) is 29.6 Å². The van der Waals surface area contributed by atoms with Gasteiger partial charge in [-0.3, -0.25) is 0 Å². The van der Waals surface area contributed by atoms with Crippen molar-refractivity contribution < 1.29 is 9.13 Å². The Morgan fingerprint density at radius 3 is 2.63 bits per heavy atom. The zero-order chi connectivity index (χ0) is 14.0. The van der Waals surface area contributed by atoms with E-state index in [1.165, 1.54) is 19.2 Å². The molecule has 2 rings (SSSR count).